The molecule has 4 rings (SSSR count). The van der Waals surface area contributed by atoms with Crippen LogP contribution in [0.15, 0.2) is 35.1 Å². The van der Waals surface area contributed by atoms with Crippen LogP contribution < -0.4 is 5.56 Å². The molecule has 0 amide bonds. The van der Waals surface area contributed by atoms with E-state index >= 15 is 0 Å². The molecule has 0 aliphatic heterocycles. The third kappa shape index (κ3) is 3.41. The van der Waals surface area contributed by atoms with Crippen molar-refractivity contribution in [2.45, 2.75) is 45.1 Å². The smallest absolute Gasteiger partial charge is 0.305 e. The van der Waals surface area contributed by atoms with Crippen molar-refractivity contribution in [3.63, 3.8) is 0 Å². The number of hydrogen-bond acceptors (Lipinski definition) is 5. The van der Waals surface area contributed by atoms with E-state index in [-0.39, 0.29) is 17.9 Å². The molecule has 0 fully saturated rings. The second-order valence-electron chi connectivity index (χ2n) is 6.83. The number of rotatable bonds is 5. The van der Waals surface area contributed by atoms with Gasteiger partial charge in [-0.05, 0) is 37.7 Å². The van der Waals surface area contributed by atoms with E-state index in [1.54, 1.807) is 15.9 Å². The number of fused-ring (bicyclic) bond motifs is 3. The summed E-state index contributed by atoms with van der Waals surface area (Å²) in [5.74, 6) is 0.419. The van der Waals surface area contributed by atoms with Crippen LogP contribution in [0.5, 0.6) is 0 Å². The first-order valence-electron chi connectivity index (χ1n) is 9.36. The zero-order valence-corrected chi connectivity index (χ0v) is 16.2. The van der Waals surface area contributed by atoms with Crippen molar-refractivity contribution < 1.29 is 9.53 Å². The number of benzene rings is 1. The molecule has 1 aromatic carbocycles. The van der Waals surface area contributed by atoms with Crippen LogP contribution in [0.3, 0.4) is 0 Å². The molecule has 2 aromatic heterocycles. The van der Waals surface area contributed by atoms with Crippen LogP contribution in [0.25, 0.3) is 21.6 Å². The Balaban J connectivity index is 1.84. The molecule has 6 heteroatoms. The molecule has 0 saturated heterocycles. The number of thiophene rings is 1. The topological polar surface area (TPSA) is 61.2 Å². The lowest BCUT2D eigenvalue weighted by atomic mass is 9.97. The summed E-state index contributed by atoms with van der Waals surface area (Å²) in [5, 5.41) is 0.785. The van der Waals surface area contributed by atoms with Crippen molar-refractivity contribution in [3.05, 3.63) is 51.1 Å². The summed E-state index contributed by atoms with van der Waals surface area (Å²) < 4.78 is 6.46. The molecule has 2 heterocycles. The number of aromatic nitrogens is 2. The zero-order chi connectivity index (χ0) is 18.8. The number of esters is 1. The fourth-order valence-electron chi connectivity index (χ4n) is 3.74. The van der Waals surface area contributed by atoms with Gasteiger partial charge in [0.05, 0.1) is 12.5 Å². The van der Waals surface area contributed by atoms with Gasteiger partial charge in [-0.15, -0.1) is 11.3 Å². The Hall–Kier alpha value is -2.47. The van der Waals surface area contributed by atoms with Crippen LogP contribution >= 0.6 is 11.3 Å². The van der Waals surface area contributed by atoms with Crippen molar-refractivity contribution in [1.82, 2.24) is 9.55 Å². The zero-order valence-electron chi connectivity index (χ0n) is 15.4. The van der Waals surface area contributed by atoms with E-state index in [4.69, 9.17) is 9.72 Å². The molecular formula is C21H22N2O3S. The normalized spacial score (nSPS) is 13.5. The van der Waals surface area contributed by atoms with Crippen molar-refractivity contribution in [1.29, 1.82) is 0 Å². The monoisotopic (exact) mass is 382 g/mol. The summed E-state index contributed by atoms with van der Waals surface area (Å²) in [5.41, 5.74) is 2.13. The average molecular weight is 382 g/mol. The van der Waals surface area contributed by atoms with Crippen molar-refractivity contribution in [2.24, 2.45) is 0 Å². The van der Waals surface area contributed by atoms with Gasteiger partial charge in [-0.2, -0.15) is 0 Å². The van der Waals surface area contributed by atoms with Gasteiger partial charge in [-0.1, -0.05) is 30.3 Å². The standard InChI is InChI=1S/C21H22N2O3S/c1-26-17(24)12-7-13-23-19(14-8-3-2-4-9-14)22-20-18(21(23)25)15-10-5-6-11-16(15)27-20/h2-4,8-9H,5-7,10-13H2,1H3. The van der Waals surface area contributed by atoms with Crippen LogP contribution in [0.1, 0.15) is 36.1 Å². The minimum atomic E-state index is -0.258. The summed E-state index contributed by atoms with van der Waals surface area (Å²) >= 11 is 1.67. The number of aryl methyl sites for hydroxylation is 2. The number of hydrogen-bond donors (Lipinski definition) is 0. The summed E-state index contributed by atoms with van der Waals surface area (Å²) in [6, 6.07) is 9.79. The highest BCUT2D eigenvalue weighted by Crippen LogP contribution is 2.34. The molecule has 0 unspecified atom stereocenters. The van der Waals surface area contributed by atoms with Gasteiger partial charge >= 0.3 is 5.97 Å². The van der Waals surface area contributed by atoms with Crippen LogP contribution in [0.2, 0.25) is 0 Å². The highest BCUT2D eigenvalue weighted by atomic mass is 32.1. The molecule has 140 valence electrons. The van der Waals surface area contributed by atoms with Gasteiger partial charge in [0, 0.05) is 23.4 Å². The Kier molecular flexibility index (Phi) is 5.07. The van der Waals surface area contributed by atoms with Gasteiger partial charge in [-0.3, -0.25) is 14.2 Å². The molecular weight excluding hydrogens is 360 g/mol. The lowest BCUT2D eigenvalue weighted by molar-refractivity contribution is -0.140. The van der Waals surface area contributed by atoms with E-state index in [1.807, 2.05) is 30.3 Å². The lowest BCUT2D eigenvalue weighted by Gasteiger charge is -2.14. The molecule has 0 saturated carbocycles. The predicted octanol–water partition coefficient (Wildman–Crippen LogP) is 3.96. The molecule has 27 heavy (non-hydrogen) atoms. The minimum Gasteiger partial charge on any atom is -0.469 e. The van der Waals surface area contributed by atoms with Gasteiger partial charge in [-0.25, -0.2) is 4.98 Å². The second kappa shape index (κ2) is 7.64. The Morgan fingerprint density at radius 3 is 2.78 bits per heavy atom. The fourth-order valence-corrected chi connectivity index (χ4v) is 4.99. The molecule has 0 atom stereocenters. The number of nitrogens with zero attached hydrogens (tertiary/aromatic N) is 2. The summed E-state index contributed by atoms with van der Waals surface area (Å²) in [6.45, 7) is 0.450. The molecule has 0 spiro atoms. The summed E-state index contributed by atoms with van der Waals surface area (Å²) in [6.07, 6.45) is 5.14. The highest BCUT2D eigenvalue weighted by Gasteiger charge is 2.22. The van der Waals surface area contributed by atoms with E-state index in [9.17, 15) is 9.59 Å². The van der Waals surface area contributed by atoms with Gasteiger partial charge in [0.25, 0.3) is 5.56 Å². The Morgan fingerprint density at radius 2 is 2.00 bits per heavy atom. The van der Waals surface area contributed by atoms with E-state index < -0.39 is 0 Å². The van der Waals surface area contributed by atoms with E-state index in [1.165, 1.54) is 24.0 Å². The minimum absolute atomic E-state index is 0.0168. The van der Waals surface area contributed by atoms with Gasteiger partial charge in [0.15, 0.2) is 0 Å². The van der Waals surface area contributed by atoms with E-state index in [0.717, 1.165) is 35.0 Å². The van der Waals surface area contributed by atoms with E-state index in [2.05, 4.69) is 0 Å². The van der Waals surface area contributed by atoms with Crippen LogP contribution in [0.4, 0.5) is 0 Å². The van der Waals surface area contributed by atoms with Crippen molar-refractivity contribution in [3.8, 4) is 11.4 Å². The van der Waals surface area contributed by atoms with Gasteiger partial charge in [0.2, 0.25) is 0 Å². The molecule has 5 nitrogen and oxygen atoms in total. The molecule has 3 aromatic rings. The first-order valence-corrected chi connectivity index (χ1v) is 10.2. The van der Waals surface area contributed by atoms with Crippen LogP contribution in [-0.2, 0) is 28.9 Å². The van der Waals surface area contributed by atoms with Crippen LogP contribution in [-0.4, -0.2) is 22.6 Å². The Morgan fingerprint density at radius 1 is 1.22 bits per heavy atom. The first kappa shape index (κ1) is 17.9. The maximum Gasteiger partial charge on any atom is 0.305 e. The quantitative estimate of drug-likeness (QED) is 0.627. The van der Waals surface area contributed by atoms with Gasteiger partial charge in [0.1, 0.15) is 10.7 Å². The Bertz CT molecular complexity index is 1040. The lowest BCUT2D eigenvalue weighted by Crippen LogP contribution is -2.24. The molecule has 1 aliphatic carbocycles. The molecule has 0 radical (unpaired) electrons. The van der Waals surface area contributed by atoms with E-state index in [0.29, 0.717) is 18.8 Å². The summed E-state index contributed by atoms with van der Waals surface area (Å²) in [4.78, 5) is 31.9. The van der Waals surface area contributed by atoms with Crippen molar-refractivity contribution >= 4 is 27.5 Å². The predicted molar refractivity (Wildman–Crippen MR) is 107 cm³/mol. The third-order valence-corrected chi connectivity index (χ3v) is 6.28. The number of carbonyl (C=O) groups excluding carboxylic acids is 1. The molecule has 1 aliphatic rings. The highest BCUT2D eigenvalue weighted by molar-refractivity contribution is 7.18. The average Bonchev–Trinajstić information content (AvgIpc) is 3.08. The number of carbonyl (C=O) groups is 1. The molecule has 0 N–H and O–H groups in total. The maximum absolute atomic E-state index is 13.4. The fraction of sp³-hybridized carbons (Fsp3) is 0.381. The third-order valence-electron chi connectivity index (χ3n) is 5.10. The maximum atomic E-state index is 13.4. The van der Waals surface area contributed by atoms with Crippen molar-refractivity contribution in [2.75, 3.05) is 7.11 Å². The number of methoxy groups -OCH3 is 1. The first-order chi connectivity index (χ1) is 13.2. The largest absolute Gasteiger partial charge is 0.469 e. The van der Waals surface area contributed by atoms with Gasteiger partial charge < -0.3 is 4.74 Å². The number of ether oxygens (including phenoxy) is 1. The SMILES string of the molecule is COC(=O)CCCn1c(-c2ccccc2)nc2sc3c(c2c1=O)CCCC3. The second-order valence-corrected chi connectivity index (χ2v) is 7.91. The molecule has 0 bridgehead atoms. The Labute approximate surface area is 161 Å². The van der Waals surface area contributed by atoms with Crippen LogP contribution in [0, 0.1) is 0 Å². The summed E-state index contributed by atoms with van der Waals surface area (Å²) in [7, 11) is 1.38.